The summed E-state index contributed by atoms with van der Waals surface area (Å²) in [6, 6.07) is 0.631. The summed E-state index contributed by atoms with van der Waals surface area (Å²) in [5, 5.41) is 43.5. The van der Waals surface area contributed by atoms with Crippen molar-refractivity contribution in [1.82, 2.24) is 4.90 Å². The maximum Gasteiger partial charge on any atom is 0.410 e. The summed E-state index contributed by atoms with van der Waals surface area (Å²) in [4.78, 5) is 28.3. The Kier molecular flexibility index (Phi) is 15.0. The molecule has 0 aromatic carbocycles. The predicted molar refractivity (Wildman–Crippen MR) is 200 cm³/mol. The number of ether oxygens (including phenoxy) is 3. The molecule has 0 spiro atoms. The van der Waals surface area contributed by atoms with Crippen molar-refractivity contribution in [1.29, 1.82) is 0 Å². The van der Waals surface area contributed by atoms with E-state index in [1.807, 2.05) is 33.8 Å². The average Bonchev–Trinajstić information content (AvgIpc) is 3.90. The van der Waals surface area contributed by atoms with Crippen molar-refractivity contribution in [3.8, 4) is 0 Å². The fourth-order valence-electron chi connectivity index (χ4n) is 8.34. The van der Waals surface area contributed by atoms with Gasteiger partial charge in [0, 0.05) is 18.3 Å². The van der Waals surface area contributed by atoms with Crippen LogP contribution in [0.3, 0.4) is 0 Å². The van der Waals surface area contributed by atoms with Gasteiger partial charge in [-0.05, 0) is 77.4 Å². The van der Waals surface area contributed by atoms with E-state index in [1.54, 1.807) is 43.1 Å². The van der Waals surface area contributed by atoms with Crippen LogP contribution in [-0.2, 0) is 19.0 Å². The van der Waals surface area contributed by atoms with Crippen LogP contribution in [0, 0.1) is 11.8 Å². The Hall–Kier alpha value is -2.28. The second kappa shape index (κ2) is 18.4. The minimum Gasteiger partial charge on any atom is -0.457 e. The number of epoxide rings is 1. The lowest BCUT2D eigenvalue weighted by Crippen LogP contribution is -2.62. The number of amides is 1. The summed E-state index contributed by atoms with van der Waals surface area (Å²) in [6.45, 7) is 13.9. The number of carbonyl (C=O) groups is 2. The van der Waals surface area contributed by atoms with Crippen molar-refractivity contribution in [3.63, 3.8) is 0 Å². The number of hydrogen-bond acceptors (Lipinski definition) is 9. The quantitative estimate of drug-likeness (QED) is 0.0594. The zero-order valence-electron chi connectivity index (χ0n) is 32.9. The molecule has 3 fully saturated rings. The molecular weight excluding hydrogens is 664 g/mol. The molecule has 0 aromatic heterocycles. The molecule has 1 aliphatic carbocycles. The van der Waals surface area contributed by atoms with E-state index in [4.69, 9.17) is 14.2 Å². The topological polar surface area (TPSA) is 149 Å². The van der Waals surface area contributed by atoms with Crippen LogP contribution in [0.1, 0.15) is 112 Å². The second-order valence-corrected chi connectivity index (χ2v) is 17.1. The lowest BCUT2D eigenvalue weighted by molar-refractivity contribution is -0.937. The summed E-state index contributed by atoms with van der Waals surface area (Å²) < 4.78 is 18.7. The second-order valence-electron chi connectivity index (χ2n) is 17.1. The average molecular weight is 734 g/mol. The van der Waals surface area contributed by atoms with E-state index < -0.39 is 47.7 Å². The lowest BCUT2D eigenvalue weighted by Gasteiger charge is -2.47. The van der Waals surface area contributed by atoms with E-state index >= 15 is 0 Å². The van der Waals surface area contributed by atoms with Gasteiger partial charge in [0.1, 0.15) is 11.7 Å². The smallest absolute Gasteiger partial charge is 0.410 e. The van der Waals surface area contributed by atoms with Gasteiger partial charge in [0.05, 0.1) is 75.7 Å². The number of quaternary nitrogens is 1. The molecule has 2 saturated heterocycles. The standard InChI is InChI=1S/C41H69N2O9/c1-8-33(45)30(4)38-34(50-38)27-40(5,48)20-13-14-28(2)37-29(3)17-18-35(41(6,49)21-19-32(44)26-36(46)52-37)51-39(47)42-22-24-43(7,25-23-42)31-15-11-9-10-12-16-31/h13-14,17-18,20,29-35,37-38,44-45,48-49H,8-12,15-16,19,21-27H2,1-7H3/q+1/t29-,30+,32+,33-,34+,35-,37+,38+,40-,41+/m0/s1. The minimum atomic E-state index is -1.48. The fraction of sp³-hybridized carbons (Fsp3) is 0.805. The van der Waals surface area contributed by atoms with Crippen LogP contribution in [0.5, 0.6) is 0 Å². The van der Waals surface area contributed by atoms with E-state index in [0.29, 0.717) is 37.5 Å². The third-order valence-electron chi connectivity index (χ3n) is 12.3. The first-order valence-corrected chi connectivity index (χ1v) is 19.9. The van der Waals surface area contributed by atoms with E-state index in [0.717, 1.165) is 17.6 Å². The van der Waals surface area contributed by atoms with Gasteiger partial charge >= 0.3 is 12.1 Å². The highest BCUT2D eigenvalue weighted by atomic mass is 16.6. The van der Waals surface area contributed by atoms with E-state index in [2.05, 4.69) is 7.05 Å². The zero-order chi connectivity index (χ0) is 38.3. The van der Waals surface area contributed by atoms with Crippen molar-refractivity contribution in [2.75, 3.05) is 33.2 Å². The zero-order valence-corrected chi connectivity index (χ0v) is 32.9. The number of cyclic esters (lactones) is 1. The molecule has 52 heavy (non-hydrogen) atoms. The van der Waals surface area contributed by atoms with Crippen molar-refractivity contribution in [2.45, 2.75) is 166 Å². The predicted octanol–water partition coefficient (Wildman–Crippen LogP) is 5.19. The summed E-state index contributed by atoms with van der Waals surface area (Å²) in [6.07, 6.45) is 13.5. The number of esters is 1. The maximum atomic E-state index is 13.6. The molecule has 4 N–H and O–H groups in total. The Morgan fingerprint density at radius 1 is 1.17 bits per heavy atom. The number of rotatable bonds is 10. The number of nitrogens with zero attached hydrogens (tertiary/aromatic N) is 2. The molecule has 0 bridgehead atoms. The molecule has 0 unspecified atom stereocenters. The molecule has 4 rings (SSSR count). The Labute approximate surface area is 312 Å². The van der Waals surface area contributed by atoms with Crippen LogP contribution in [0.4, 0.5) is 4.79 Å². The minimum absolute atomic E-state index is 0.0105. The van der Waals surface area contributed by atoms with Gasteiger partial charge in [0.2, 0.25) is 0 Å². The molecule has 4 aliphatic rings. The number of aliphatic hydroxyl groups excluding tert-OH is 2. The normalized spacial score (nSPS) is 35.0. The van der Waals surface area contributed by atoms with Crippen LogP contribution in [-0.4, -0.2) is 129 Å². The summed E-state index contributed by atoms with van der Waals surface area (Å²) in [7, 11) is 2.32. The lowest BCUT2D eigenvalue weighted by atomic mass is 9.88. The molecule has 10 atom stereocenters. The van der Waals surface area contributed by atoms with Crippen LogP contribution < -0.4 is 0 Å². The number of allylic oxidation sites excluding steroid dienone is 2. The number of likely N-dealkylation sites (N-methyl/N-ethyl adjacent to an activating group) is 1. The van der Waals surface area contributed by atoms with Gasteiger partial charge in [-0.25, -0.2) is 4.79 Å². The highest BCUT2D eigenvalue weighted by Gasteiger charge is 2.47. The van der Waals surface area contributed by atoms with Crippen LogP contribution in [0.25, 0.3) is 0 Å². The Balaban J connectivity index is 1.43. The largest absolute Gasteiger partial charge is 0.457 e. The van der Waals surface area contributed by atoms with Crippen LogP contribution in [0.15, 0.2) is 36.0 Å². The van der Waals surface area contributed by atoms with Gasteiger partial charge in [-0.3, -0.25) is 9.69 Å². The van der Waals surface area contributed by atoms with Gasteiger partial charge in [-0.1, -0.05) is 57.9 Å². The van der Waals surface area contributed by atoms with Gasteiger partial charge in [-0.15, -0.1) is 0 Å². The number of carbonyl (C=O) groups excluding carboxylic acids is 2. The molecule has 11 heteroatoms. The molecule has 3 aliphatic heterocycles. The highest BCUT2D eigenvalue weighted by molar-refractivity contribution is 5.70. The molecule has 1 saturated carbocycles. The van der Waals surface area contributed by atoms with Crippen molar-refractivity contribution < 1.29 is 48.7 Å². The van der Waals surface area contributed by atoms with E-state index in [9.17, 15) is 30.0 Å². The van der Waals surface area contributed by atoms with Crippen molar-refractivity contribution in [2.24, 2.45) is 11.8 Å². The molecule has 0 radical (unpaired) electrons. The first-order valence-electron chi connectivity index (χ1n) is 19.9. The molecule has 296 valence electrons. The number of hydrogen-bond donors (Lipinski definition) is 4. The van der Waals surface area contributed by atoms with E-state index in [-0.39, 0.29) is 43.3 Å². The van der Waals surface area contributed by atoms with Gasteiger partial charge < -0.3 is 39.1 Å². The Morgan fingerprint density at radius 2 is 1.83 bits per heavy atom. The molecule has 11 nitrogen and oxygen atoms in total. The van der Waals surface area contributed by atoms with Gasteiger partial charge in [0.15, 0.2) is 6.10 Å². The summed E-state index contributed by atoms with van der Waals surface area (Å²) in [5.74, 6) is -0.935. The van der Waals surface area contributed by atoms with Crippen molar-refractivity contribution in [3.05, 3.63) is 36.0 Å². The first-order chi connectivity index (χ1) is 24.4. The fourth-order valence-corrected chi connectivity index (χ4v) is 8.34. The Morgan fingerprint density at radius 3 is 2.46 bits per heavy atom. The third kappa shape index (κ3) is 11.9. The molecule has 3 heterocycles. The van der Waals surface area contributed by atoms with Crippen LogP contribution in [0.2, 0.25) is 0 Å². The van der Waals surface area contributed by atoms with E-state index in [1.165, 1.54) is 38.5 Å². The van der Waals surface area contributed by atoms with Crippen LogP contribution >= 0.6 is 0 Å². The number of piperazine rings is 1. The molecular formula is C41H69N2O9+. The monoisotopic (exact) mass is 733 g/mol. The third-order valence-corrected chi connectivity index (χ3v) is 12.3. The Bertz CT molecular complexity index is 1260. The van der Waals surface area contributed by atoms with Crippen molar-refractivity contribution >= 4 is 12.1 Å². The number of aliphatic hydroxyl groups is 4. The molecule has 1 amide bonds. The van der Waals surface area contributed by atoms with Gasteiger partial charge in [-0.2, -0.15) is 0 Å². The summed E-state index contributed by atoms with van der Waals surface area (Å²) >= 11 is 0. The SMILES string of the molecule is CC[C@H](O)[C@@H](C)[C@H]1O[C@@H]1C[C@@](C)(O)C=CC=C(C)[C@H]1OC(=O)C[C@H](O)CC[C@@](C)(O)[C@@H](OC(=O)N2CC[N+](C)(C3CCCCCC3)CC2)C=C[C@@H]1C. The highest BCUT2D eigenvalue weighted by Crippen LogP contribution is 2.38. The maximum absolute atomic E-state index is 13.6. The van der Waals surface area contributed by atoms with Gasteiger partial charge in [0.25, 0.3) is 0 Å². The summed E-state index contributed by atoms with van der Waals surface area (Å²) in [5.41, 5.74) is -1.93. The first kappa shape index (κ1) is 42.5. The molecule has 0 aromatic rings.